The number of nitrogens with one attached hydrogen (secondary N) is 2. The summed E-state index contributed by atoms with van der Waals surface area (Å²) in [6.45, 7) is 7.31. The highest BCUT2D eigenvalue weighted by Crippen LogP contribution is 2.25. The molecule has 1 heterocycles. The maximum absolute atomic E-state index is 11.4. The molecule has 1 fully saturated rings. The van der Waals surface area contributed by atoms with Crippen LogP contribution in [0.1, 0.15) is 34.1 Å². The van der Waals surface area contributed by atoms with Crippen molar-refractivity contribution < 1.29 is 37.8 Å². The molecule has 0 spiro atoms. The van der Waals surface area contributed by atoms with Gasteiger partial charge in [-0.1, -0.05) is 23.8 Å². The SMILES string of the molecule is C/C=C\[C@@H]1C[C@H](C(=O)O)N[C@H]1[C@H](C=C(C)C)NC(C)=O.O=C(O)C(F)(F)F. The first-order valence-electron chi connectivity index (χ1n) is 8.13. The van der Waals surface area contributed by atoms with Gasteiger partial charge in [0.05, 0.1) is 6.04 Å². The predicted molar refractivity (Wildman–Crippen MR) is 92.0 cm³/mol. The Labute approximate surface area is 155 Å². The minimum absolute atomic E-state index is 0.0912. The molecule has 1 rings (SSSR count). The van der Waals surface area contributed by atoms with Crippen LogP contribution in [0.3, 0.4) is 0 Å². The lowest BCUT2D eigenvalue weighted by molar-refractivity contribution is -0.192. The number of alkyl halides is 3. The molecule has 154 valence electrons. The van der Waals surface area contributed by atoms with Crippen LogP contribution in [0, 0.1) is 5.92 Å². The zero-order chi connectivity index (χ0) is 21.4. The van der Waals surface area contributed by atoms with E-state index in [9.17, 15) is 27.9 Å². The van der Waals surface area contributed by atoms with Crippen LogP contribution < -0.4 is 10.6 Å². The summed E-state index contributed by atoms with van der Waals surface area (Å²) in [5.74, 6) is -3.63. The largest absolute Gasteiger partial charge is 0.490 e. The van der Waals surface area contributed by atoms with Crippen LogP contribution >= 0.6 is 0 Å². The molecule has 4 atom stereocenters. The summed E-state index contributed by atoms with van der Waals surface area (Å²) in [6, 6.07) is -0.878. The van der Waals surface area contributed by atoms with Crippen molar-refractivity contribution in [3.63, 3.8) is 0 Å². The van der Waals surface area contributed by atoms with Crippen molar-refractivity contribution in [2.75, 3.05) is 0 Å². The van der Waals surface area contributed by atoms with Crippen molar-refractivity contribution in [1.82, 2.24) is 10.6 Å². The number of carboxylic acids is 2. The van der Waals surface area contributed by atoms with Crippen molar-refractivity contribution in [3.05, 3.63) is 23.8 Å². The van der Waals surface area contributed by atoms with Gasteiger partial charge in [-0.3, -0.25) is 14.9 Å². The van der Waals surface area contributed by atoms with Gasteiger partial charge in [-0.15, -0.1) is 0 Å². The van der Waals surface area contributed by atoms with Crippen molar-refractivity contribution in [2.24, 2.45) is 5.92 Å². The van der Waals surface area contributed by atoms with E-state index in [1.54, 1.807) is 0 Å². The van der Waals surface area contributed by atoms with Crippen molar-refractivity contribution in [2.45, 2.75) is 58.4 Å². The summed E-state index contributed by atoms with van der Waals surface area (Å²) in [5, 5.41) is 22.3. The van der Waals surface area contributed by atoms with Crippen LogP contribution in [0.2, 0.25) is 0 Å². The van der Waals surface area contributed by atoms with Crippen LogP contribution in [-0.4, -0.2) is 52.4 Å². The second kappa shape index (κ2) is 10.7. The van der Waals surface area contributed by atoms with E-state index >= 15 is 0 Å². The van der Waals surface area contributed by atoms with Crippen LogP contribution in [-0.2, 0) is 14.4 Å². The quantitative estimate of drug-likeness (QED) is 0.531. The molecule has 10 heteroatoms. The fraction of sp³-hybridized carbons (Fsp3) is 0.588. The van der Waals surface area contributed by atoms with Crippen LogP contribution in [0.4, 0.5) is 13.2 Å². The zero-order valence-electron chi connectivity index (χ0n) is 15.5. The third-order valence-electron chi connectivity index (χ3n) is 3.61. The molecule has 0 aliphatic carbocycles. The van der Waals surface area contributed by atoms with E-state index in [4.69, 9.17) is 9.90 Å². The summed E-state index contributed by atoms with van der Waals surface area (Å²) in [4.78, 5) is 31.4. The van der Waals surface area contributed by atoms with Gasteiger partial charge < -0.3 is 15.5 Å². The molecule has 1 saturated heterocycles. The monoisotopic (exact) mass is 394 g/mol. The standard InChI is InChI=1S/C15H24N2O3.C2HF3O2/c1-5-6-11-8-13(15(19)20)17-14(11)12(7-9(2)3)16-10(4)18;3-2(4,5)1(6)7/h5-7,11-14,17H,8H2,1-4H3,(H,16,18)(H,19,20);(H,6,7)/b6-5-;/t11-,12+,13-,14-;/m1./s1. The number of carbonyl (C=O) groups excluding carboxylic acids is 1. The lowest BCUT2D eigenvalue weighted by Gasteiger charge is -2.26. The van der Waals surface area contributed by atoms with Gasteiger partial charge in [0.1, 0.15) is 6.04 Å². The highest BCUT2D eigenvalue weighted by Gasteiger charge is 2.39. The van der Waals surface area contributed by atoms with E-state index in [1.807, 2.05) is 39.0 Å². The maximum atomic E-state index is 11.4. The Morgan fingerprint density at radius 2 is 1.70 bits per heavy atom. The summed E-state index contributed by atoms with van der Waals surface area (Å²) >= 11 is 0. The second-order valence-electron chi connectivity index (χ2n) is 6.28. The van der Waals surface area contributed by atoms with Gasteiger partial charge in [-0.25, -0.2) is 4.79 Å². The maximum Gasteiger partial charge on any atom is 0.490 e. The topological polar surface area (TPSA) is 116 Å². The molecule has 0 bridgehead atoms. The minimum Gasteiger partial charge on any atom is -0.480 e. The molecule has 1 aliphatic heterocycles. The molecule has 0 unspecified atom stereocenters. The van der Waals surface area contributed by atoms with Gasteiger partial charge in [-0.05, 0) is 33.1 Å². The molecule has 1 amide bonds. The molecule has 7 nitrogen and oxygen atoms in total. The first kappa shape index (κ1) is 24.6. The molecular formula is C17H25F3N2O5. The van der Waals surface area contributed by atoms with E-state index < -0.39 is 24.2 Å². The predicted octanol–water partition coefficient (Wildman–Crippen LogP) is 2.10. The first-order valence-corrected chi connectivity index (χ1v) is 8.13. The second-order valence-corrected chi connectivity index (χ2v) is 6.28. The van der Waals surface area contributed by atoms with Gasteiger partial charge in [0.15, 0.2) is 0 Å². The highest BCUT2D eigenvalue weighted by atomic mass is 19.4. The Morgan fingerprint density at radius 3 is 2.04 bits per heavy atom. The molecule has 0 aromatic heterocycles. The number of hydrogen-bond acceptors (Lipinski definition) is 4. The Hall–Kier alpha value is -2.36. The Bertz CT molecular complexity index is 598. The summed E-state index contributed by atoms with van der Waals surface area (Å²) < 4.78 is 31.7. The number of carbonyl (C=O) groups is 3. The average molecular weight is 394 g/mol. The number of hydrogen-bond donors (Lipinski definition) is 4. The van der Waals surface area contributed by atoms with Gasteiger partial charge >= 0.3 is 18.1 Å². The Kier molecular flexibility index (Phi) is 9.77. The number of halogens is 3. The fourth-order valence-electron chi connectivity index (χ4n) is 2.66. The molecule has 27 heavy (non-hydrogen) atoms. The third-order valence-corrected chi connectivity index (χ3v) is 3.61. The normalized spacial score (nSPS) is 23.1. The van der Waals surface area contributed by atoms with E-state index in [2.05, 4.69) is 10.6 Å². The van der Waals surface area contributed by atoms with Gasteiger partial charge in [0.25, 0.3) is 0 Å². The van der Waals surface area contributed by atoms with Gasteiger partial charge in [-0.2, -0.15) is 13.2 Å². The molecule has 0 aromatic carbocycles. The van der Waals surface area contributed by atoms with Gasteiger partial charge in [0, 0.05) is 13.0 Å². The Balaban J connectivity index is 0.000000821. The number of aliphatic carboxylic acids is 2. The molecule has 0 saturated carbocycles. The van der Waals surface area contributed by atoms with Crippen LogP contribution in [0.25, 0.3) is 0 Å². The summed E-state index contributed by atoms with van der Waals surface area (Å²) in [5.41, 5.74) is 1.09. The average Bonchev–Trinajstić information content (AvgIpc) is 2.90. The molecular weight excluding hydrogens is 369 g/mol. The first-order chi connectivity index (χ1) is 12.3. The lowest BCUT2D eigenvalue weighted by atomic mass is 9.92. The van der Waals surface area contributed by atoms with Crippen LogP contribution in [0.15, 0.2) is 23.8 Å². The minimum atomic E-state index is -5.08. The highest BCUT2D eigenvalue weighted by molar-refractivity contribution is 5.75. The van der Waals surface area contributed by atoms with E-state index in [0.29, 0.717) is 6.42 Å². The number of amides is 1. The Morgan fingerprint density at radius 1 is 1.19 bits per heavy atom. The summed E-state index contributed by atoms with van der Waals surface area (Å²) in [6.07, 6.45) is 1.36. The number of allylic oxidation sites excluding steroid dienone is 2. The lowest BCUT2D eigenvalue weighted by Crippen LogP contribution is -2.50. The smallest absolute Gasteiger partial charge is 0.480 e. The number of carboxylic acid groups (broad SMARTS) is 2. The van der Waals surface area contributed by atoms with Crippen LogP contribution in [0.5, 0.6) is 0 Å². The summed E-state index contributed by atoms with van der Waals surface area (Å²) in [7, 11) is 0. The molecule has 0 aromatic rings. The van der Waals surface area contributed by atoms with Crippen molar-refractivity contribution >= 4 is 17.8 Å². The zero-order valence-corrected chi connectivity index (χ0v) is 15.5. The number of rotatable bonds is 5. The van der Waals surface area contributed by atoms with E-state index in [0.717, 1.165) is 5.57 Å². The fourth-order valence-corrected chi connectivity index (χ4v) is 2.66. The van der Waals surface area contributed by atoms with E-state index in [-0.39, 0.29) is 23.9 Å². The van der Waals surface area contributed by atoms with E-state index in [1.165, 1.54) is 6.92 Å². The van der Waals surface area contributed by atoms with Gasteiger partial charge in [0.2, 0.25) is 5.91 Å². The molecule has 0 radical (unpaired) electrons. The third kappa shape index (κ3) is 9.23. The molecule has 1 aliphatic rings. The van der Waals surface area contributed by atoms with Crippen molar-refractivity contribution in [3.8, 4) is 0 Å². The van der Waals surface area contributed by atoms with Crippen molar-refractivity contribution in [1.29, 1.82) is 0 Å². The molecule has 4 N–H and O–H groups in total.